The van der Waals surface area contributed by atoms with Crippen LogP contribution >= 0.6 is 0 Å². The second-order valence-electron chi connectivity index (χ2n) is 6.69. The van der Waals surface area contributed by atoms with Crippen molar-refractivity contribution in [2.45, 2.75) is 39.5 Å². The third-order valence-corrected chi connectivity index (χ3v) is 5.23. The predicted octanol–water partition coefficient (Wildman–Crippen LogP) is 2.16. The quantitative estimate of drug-likeness (QED) is 0.792. The predicted molar refractivity (Wildman–Crippen MR) is 78.1 cm³/mol. The fraction of sp³-hybridized carbons (Fsp3) is 0.588. The van der Waals surface area contributed by atoms with Gasteiger partial charge in [-0.1, -0.05) is 32.4 Å². The van der Waals surface area contributed by atoms with Crippen molar-refractivity contribution in [1.29, 1.82) is 0 Å². The molecular formula is C17H21NO3. The van der Waals surface area contributed by atoms with Gasteiger partial charge in [-0.05, 0) is 25.2 Å². The lowest BCUT2D eigenvalue weighted by molar-refractivity contribution is -0.140. The average Bonchev–Trinajstić information content (AvgIpc) is 2.88. The molecule has 4 heteroatoms. The van der Waals surface area contributed by atoms with Crippen LogP contribution in [0, 0.1) is 23.2 Å². The standard InChI is InChI=1S/C17H21NO3/c1-10(2)16(21)18-13-9-14(19)17-8-4-6-11(17)5-3-7-12(17)15(13)20/h3,5,9-12H,4,6-8H2,1-2H3,(H,18,21)/t11-,12-,17-/m1/s1. The maximum absolute atomic E-state index is 12.7. The summed E-state index contributed by atoms with van der Waals surface area (Å²) < 4.78 is 0. The highest BCUT2D eigenvalue weighted by Gasteiger charge is 2.57. The zero-order valence-electron chi connectivity index (χ0n) is 12.5. The summed E-state index contributed by atoms with van der Waals surface area (Å²) in [6.07, 6.45) is 8.89. The highest BCUT2D eigenvalue weighted by atomic mass is 16.2. The second kappa shape index (κ2) is 4.93. The Hall–Kier alpha value is -1.71. The Morgan fingerprint density at radius 1 is 1.38 bits per heavy atom. The molecule has 1 amide bonds. The maximum atomic E-state index is 12.7. The number of Topliss-reactive ketones (excluding diaryl/α,β-unsaturated/α-hetero) is 1. The van der Waals surface area contributed by atoms with Crippen molar-refractivity contribution in [3.05, 3.63) is 23.9 Å². The molecule has 0 bridgehead atoms. The van der Waals surface area contributed by atoms with Crippen LogP contribution in [0.15, 0.2) is 23.9 Å². The Morgan fingerprint density at radius 3 is 2.86 bits per heavy atom. The lowest BCUT2D eigenvalue weighted by atomic mass is 9.58. The lowest BCUT2D eigenvalue weighted by Gasteiger charge is -2.43. The summed E-state index contributed by atoms with van der Waals surface area (Å²) in [6.45, 7) is 3.53. The van der Waals surface area contributed by atoms with Crippen LogP contribution < -0.4 is 5.32 Å². The van der Waals surface area contributed by atoms with Gasteiger partial charge in [0.2, 0.25) is 5.91 Å². The number of nitrogens with one attached hydrogen (secondary N) is 1. The first-order valence-corrected chi connectivity index (χ1v) is 7.74. The smallest absolute Gasteiger partial charge is 0.227 e. The molecule has 3 aliphatic rings. The van der Waals surface area contributed by atoms with Gasteiger partial charge in [0.05, 0.1) is 5.70 Å². The molecule has 3 rings (SSSR count). The molecule has 0 heterocycles. The molecule has 21 heavy (non-hydrogen) atoms. The summed E-state index contributed by atoms with van der Waals surface area (Å²) in [5, 5.41) is 2.64. The van der Waals surface area contributed by atoms with Gasteiger partial charge >= 0.3 is 0 Å². The van der Waals surface area contributed by atoms with E-state index in [0.29, 0.717) is 6.42 Å². The first-order chi connectivity index (χ1) is 9.96. The molecule has 112 valence electrons. The maximum Gasteiger partial charge on any atom is 0.227 e. The van der Waals surface area contributed by atoms with E-state index in [1.54, 1.807) is 13.8 Å². The zero-order chi connectivity index (χ0) is 15.2. The van der Waals surface area contributed by atoms with Crippen molar-refractivity contribution in [3.63, 3.8) is 0 Å². The van der Waals surface area contributed by atoms with E-state index in [1.165, 1.54) is 6.08 Å². The van der Waals surface area contributed by atoms with Gasteiger partial charge in [-0.2, -0.15) is 0 Å². The molecule has 1 N–H and O–H groups in total. The molecule has 0 radical (unpaired) electrons. The van der Waals surface area contributed by atoms with E-state index < -0.39 is 5.41 Å². The van der Waals surface area contributed by atoms with Gasteiger partial charge in [-0.25, -0.2) is 0 Å². The van der Waals surface area contributed by atoms with Gasteiger partial charge in [0, 0.05) is 23.3 Å². The molecule has 4 nitrogen and oxygen atoms in total. The fourth-order valence-corrected chi connectivity index (χ4v) is 4.06. The molecule has 1 saturated carbocycles. The van der Waals surface area contributed by atoms with Crippen molar-refractivity contribution < 1.29 is 14.4 Å². The first kappa shape index (κ1) is 14.2. The molecule has 0 unspecified atom stereocenters. The van der Waals surface area contributed by atoms with Crippen molar-refractivity contribution in [3.8, 4) is 0 Å². The summed E-state index contributed by atoms with van der Waals surface area (Å²) >= 11 is 0. The zero-order valence-corrected chi connectivity index (χ0v) is 12.5. The molecule has 1 fully saturated rings. The van der Waals surface area contributed by atoms with E-state index in [9.17, 15) is 14.4 Å². The van der Waals surface area contributed by atoms with Crippen LogP contribution in [0.2, 0.25) is 0 Å². The van der Waals surface area contributed by atoms with Crippen LogP contribution in [-0.4, -0.2) is 17.5 Å². The third kappa shape index (κ3) is 2.00. The Kier molecular flexibility index (Phi) is 3.34. The molecule has 0 aromatic carbocycles. The molecule has 0 aromatic rings. The minimum atomic E-state index is -0.530. The van der Waals surface area contributed by atoms with Gasteiger partial charge < -0.3 is 5.32 Å². The monoisotopic (exact) mass is 287 g/mol. The number of allylic oxidation sites excluding steroid dienone is 4. The number of ketones is 2. The molecule has 1 spiro atoms. The largest absolute Gasteiger partial charge is 0.323 e. The Morgan fingerprint density at radius 2 is 2.14 bits per heavy atom. The Labute approximate surface area is 124 Å². The summed E-state index contributed by atoms with van der Waals surface area (Å²) in [5.41, 5.74) is -0.340. The summed E-state index contributed by atoms with van der Waals surface area (Å²) in [7, 11) is 0. The summed E-state index contributed by atoms with van der Waals surface area (Å²) in [4.78, 5) is 37.3. The number of rotatable bonds is 2. The van der Waals surface area contributed by atoms with Gasteiger partial charge in [0.1, 0.15) is 0 Å². The fourth-order valence-electron chi connectivity index (χ4n) is 4.06. The molecule has 3 atom stereocenters. The SMILES string of the molecule is CC(C)C(=O)NC1=CC(=O)[C@]23CCC[C@H]2C=CC[C@@H]3C1=O. The number of carbonyl (C=O) groups is 3. The van der Waals surface area contributed by atoms with Crippen LogP contribution in [0.1, 0.15) is 39.5 Å². The second-order valence-corrected chi connectivity index (χ2v) is 6.69. The minimum absolute atomic E-state index is 0.0259. The molecular weight excluding hydrogens is 266 g/mol. The van der Waals surface area contributed by atoms with Crippen LogP contribution in [0.5, 0.6) is 0 Å². The summed E-state index contributed by atoms with van der Waals surface area (Å²) in [5.74, 6) is -0.582. The van der Waals surface area contributed by atoms with E-state index in [4.69, 9.17) is 0 Å². The summed E-state index contributed by atoms with van der Waals surface area (Å²) in [6, 6.07) is 0. The average molecular weight is 287 g/mol. The van der Waals surface area contributed by atoms with Gasteiger partial charge in [-0.15, -0.1) is 0 Å². The first-order valence-electron chi connectivity index (χ1n) is 7.74. The van der Waals surface area contributed by atoms with E-state index in [1.807, 2.05) is 6.08 Å². The van der Waals surface area contributed by atoms with E-state index in [-0.39, 0.29) is 40.9 Å². The molecule has 3 aliphatic carbocycles. The minimum Gasteiger partial charge on any atom is -0.323 e. The van der Waals surface area contributed by atoms with E-state index in [2.05, 4.69) is 11.4 Å². The number of amides is 1. The van der Waals surface area contributed by atoms with Gasteiger partial charge in [0.15, 0.2) is 11.6 Å². The highest BCUT2D eigenvalue weighted by molar-refractivity contribution is 6.14. The van der Waals surface area contributed by atoms with Gasteiger partial charge in [-0.3, -0.25) is 14.4 Å². The molecule has 0 aliphatic heterocycles. The number of hydrogen-bond acceptors (Lipinski definition) is 3. The van der Waals surface area contributed by atoms with Crippen molar-refractivity contribution in [2.75, 3.05) is 0 Å². The highest BCUT2D eigenvalue weighted by Crippen LogP contribution is 2.56. The Balaban J connectivity index is 1.95. The third-order valence-electron chi connectivity index (χ3n) is 5.23. The van der Waals surface area contributed by atoms with Crippen molar-refractivity contribution >= 4 is 17.5 Å². The Bertz CT molecular complexity index is 573. The van der Waals surface area contributed by atoms with Gasteiger partial charge in [0.25, 0.3) is 0 Å². The van der Waals surface area contributed by atoms with Crippen LogP contribution in [-0.2, 0) is 14.4 Å². The lowest BCUT2D eigenvalue weighted by Crippen LogP contribution is -2.51. The van der Waals surface area contributed by atoms with Crippen molar-refractivity contribution in [1.82, 2.24) is 5.32 Å². The van der Waals surface area contributed by atoms with E-state index in [0.717, 1.165) is 19.3 Å². The van der Waals surface area contributed by atoms with Crippen LogP contribution in [0.25, 0.3) is 0 Å². The topological polar surface area (TPSA) is 63.2 Å². The molecule has 0 saturated heterocycles. The normalized spacial score (nSPS) is 34.5. The molecule has 0 aromatic heterocycles. The number of hydrogen-bond donors (Lipinski definition) is 1. The number of carbonyl (C=O) groups excluding carboxylic acids is 3. The van der Waals surface area contributed by atoms with E-state index >= 15 is 0 Å². The van der Waals surface area contributed by atoms with Crippen LogP contribution in [0.3, 0.4) is 0 Å². The van der Waals surface area contributed by atoms with Crippen LogP contribution in [0.4, 0.5) is 0 Å². The van der Waals surface area contributed by atoms with Crippen molar-refractivity contribution in [2.24, 2.45) is 23.2 Å².